The van der Waals surface area contributed by atoms with E-state index in [1.54, 1.807) is 0 Å². The van der Waals surface area contributed by atoms with Crippen molar-refractivity contribution < 1.29 is 9.84 Å². The highest BCUT2D eigenvalue weighted by molar-refractivity contribution is 5.90. The Morgan fingerprint density at radius 1 is 1.06 bits per heavy atom. The quantitative estimate of drug-likeness (QED) is 0.796. The molecule has 0 unspecified atom stereocenters. The number of aliphatic hydroxyl groups is 1. The van der Waals surface area contributed by atoms with Crippen molar-refractivity contribution in [2.75, 3.05) is 13.2 Å². The van der Waals surface area contributed by atoms with Crippen LogP contribution in [0, 0.1) is 6.92 Å². The number of fused-ring (bicyclic) bond motifs is 1. The molecular weight excluding hydrogens is 200 g/mol. The number of hydrogen-bond acceptors (Lipinski definition) is 2. The SMILES string of the molecule is Cc1ccc(OCCCO)c2ccccc12. The molecule has 2 aromatic carbocycles. The summed E-state index contributed by atoms with van der Waals surface area (Å²) in [4.78, 5) is 0. The summed E-state index contributed by atoms with van der Waals surface area (Å²) in [5.41, 5.74) is 1.25. The van der Waals surface area contributed by atoms with Gasteiger partial charge in [0.05, 0.1) is 6.61 Å². The Hall–Kier alpha value is -1.54. The Kier molecular flexibility index (Phi) is 3.42. The number of rotatable bonds is 4. The molecule has 0 heterocycles. The largest absolute Gasteiger partial charge is 0.493 e. The maximum absolute atomic E-state index is 8.72. The van der Waals surface area contributed by atoms with Crippen LogP contribution in [0.15, 0.2) is 36.4 Å². The molecule has 0 saturated carbocycles. The maximum atomic E-state index is 8.72. The molecule has 0 aliphatic carbocycles. The minimum Gasteiger partial charge on any atom is -0.493 e. The highest BCUT2D eigenvalue weighted by Crippen LogP contribution is 2.28. The van der Waals surface area contributed by atoms with Crippen LogP contribution in [0.5, 0.6) is 5.75 Å². The average Bonchev–Trinajstić information content (AvgIpc) is 2.33. The topological polar surface area (TPSA) is 29.5 Å². The third-order valence-corrected chi connectivity index (χ3v) is 2.66. The number of aryl methyl sites for hydroxylation is 1. The van der Waals surface area contributed by atoms with Crippen LogP contribution < -0.4 is 4.74 Å². The van der Waals surface area contributed by atoms with E-state index in [1.165, 1.54) is 10.9 Å². The molecule has 0 aliphatic heterocycles. The first kappa shape index (κ1) is 11.0. The summed E-state index contributed by atoms with van der Waals surface area (Å²) in [6, 6.07) is 12.3. The second-order valence-corrected chi connectivity index (χ2v) is 3.85. The Bertz CT molecular complexity index is 477. The van der Waals surface area contributed by atoms with E-state index in [0.717, 1.165) is 11.1 Å². The van der Waals surface area contributed by atoms with Gasteiger partial charge < -0.3 is 9.84 Å². The molecule has 2 rings (SSSR count). The van der Waals surface area contributed by atoms with Crippen molar-refractivity contribution >= 4 is 10.8 Å². The van der Waals surface area contributed by atoms with Gasteiger partial charge in [0.25, 0.3) is 0 Å². The van der Waals surface area contributed by atoms with Crippen molar-refractivity contribution in [3.05, 3.63) is 42.0 Å². The summed E-state index contributed by atoms with van der Waals surface area (Å²) in [5, 5.41) is 11.1. The van der Waals surface area contributed by atoms with Crippen molar-refractivity contribution in [1.29, 1.82) is 0 Å². The van der Waals surface area contributed by atoms with Crippen LogP contribution >= 0.6 is 0 Å². The summed E-state index contributed by atoms with van der Waals surface area (Å²) in [6.45, 7) is 2.83. The van der Waals surface area contributed by atoms with Gasteiger partial charge in [-0.15, -0.1) is 0 Å². The van der Waals surface area contributed by atoms with E-state index >= 15 is 0 Å². The van der Waals surface area contributed by atoms with Crippen LogP contribution in [0.2, 0.25) is 0 Å². The molecule has 0 fully saturated rings. The third kappa shape index (κ3) is 2.17. The predicted octanol–water partition coefficient (Wildman–Crippen LogP) is 2.91. The first-order valence-corrected chi connectivity index (χ1v) is 5.55. The summed E-state index contributed by atoms with van der Waals surface area (Å²) in [5.74, 6) is 0.898. The van der Waals surface area contributed by atoms with Crippen LogP contribution in [0.25, 0.3) is 10.8 Å². The second-order valence-electron chi connectivity index (χ2n) is 3.85. The fourth-order valence-corrected chi connectivity index (χ4v) is 1.79. The van der Waals surface area contributed by atoms with Gasteiger partial charge in [0, 0.05) is 18.4 Å². The van der Waals surface area contributed by atoms with E-state index in [1.807, 2.05) is 18.2 Å². The highest BCUT2D eigenvalue weighted by atomic mass is 16.5. The highest BCUT2D eigenvalue weighted by Gasteiger charge is 2.03. The molecule has 2 heteroatoms. The zero-order valence-electron chi connectivity index (χ0n) is 9.44. The first-order chi connectivity index (χ1) is 7.83. The van der Waals surface area contributed by atoms with Crippen LogP contribution in [-0.2, 0) is 0 Å². The van der Waals surface area contributed by atoms with Crippen LogP contribution in [0.3, 0.4) is 0 Å². The smallest absolute Gasteiger partial charge is 0.127 e. The van der Waals surface area contributed by atoms with Crippen molar-refractivity contribution in [3.63, 3.8) is 0 Å². The van der Waals surface area contributed by atoms with Gasteiger partial charge in [-0.2, -0.15) is 0 Å². The lowest BCUT2D eigenvalue weighted by Crippen LogP contribution is -2.00. The van der Waals surface area contributed by atoms with Gasteiger partial charge in [0.15, 0.2) is 0 Å². The normalized spacial score (nSPS) is 10.6. The molecule has 0 radical (unpaired) electrons. The van der Waals surface area contributed by atoms with Crippen LogP contribution in [0.4, 0.5) is 0 Å². The second kappa shape index (κ2) is 4.99. The Labute approximate surface area is 95.5 Å². The van der Waals surface area contributed by atoms with Crippen LogP contribution in [-0.4, -0.2) is 18.3 Å². The summed E-state index contributed by atoms with van der Waals surface area (Å²) >= 11 is 0. The fourth-order valence-electron chi connectivity index (χ4n) is 1.79. The van der Waals surface area contributed by atoms with E-state index in [9.17, 15) is 0 Å². The lowest BCUT2D eigenvalue weighted by Gasteiger charge is -2.10. The van der Waals surface area contributed by atoms with Crippen molar-refractivity contribution in [1.82, 2.24) is 0 Å². The standard InChI is InChI=1S/C14H16O2/c1-11-7-8-14(16-10-4-9-15)13-6-3-2-5-12(11)13/h2-3,5-8,15H,4,9-10H2,1H3. The van der Waals surface area contributed by atoms with Crippen molar-refractivity contribution in [2.45, 2.75) is 13.3 Å². The zero-order valence-corrected chi connectivity index (χ0v) is 9.44. The lowest BCUT2D eigenvalue weighted by molar-refractivity contribution is 0.235. The fraction of sp³-hybridized carbons (Fsp3) is 0.286. The summed E-state index contributed by atoms with van der Waals surface area (Å²) in [6.07, 6.45) is 0.669. The molecule has 2 nitrogen and oxygen atoms in total. The van der Waals surface area contributed by atoms with E-state index in [2.05, 4.69) is 25.1 Å². The molecule has 0 aliphatic rings. The van der Waals surface area contributed by atoms with E-state index < -0.39 is 0 Å². The molecule has 84 valence electrons. The van der Waals surface area contributed by atoms with Crippen molar-refractivity contribution in [2.24, 2.45) is 0 Å². The first-order valence-electron chi connectivity index (χ1n) is 5.55. The molecule has 16 heavy (non-hydrogen) atoms. The summed E-state index contributed by atoms with van der Waals surface area (Å²) in [7, 11) is 0. The van der Waals surface area contributed by atoms with E-state index in [0.29, 0.717) is 13.0 Å². The molecule has 0 atom stereocenters. The lowest BCUT2D eigenvalue weighted by atomic mass is 10.1. The maximum Gasteiger partial charge on any atom is 0.127 e. The van der Waals surface area contributed by atoms with Gasteiger partial charge in [-0.1, -0.05) is 30.3 Å². The number of benzene rings is 2. The minimum absolute atomic E-state index is 0.170. The number of aliphatic hydroxyl groups excluding tert-OH is 1. The molecule has 0 saturated heterocycles. The molecule has 0 amide bonds. The number of hydrogen-bond donors (Lipinski definition) is 1. The predicted molar refractivity (Wildman–Crippen MR) is 65.9 cm³/mol. The Morgan fingerprint density at radius 3 is 2.56 bits per heavy atom. The minimum atomic E-state index is 0.170. The molecule has 2 aromatic rings. The monoisotopic (exact) mass is 216 g/mol. The van der Waals surface area contributed by atoms with Gasteiger partial charge in [-0.05, 0) is 23.9 Å². The molecule has 0 aromatic heterocycles. The van der Waals surface area contributed by atoms with Gasteiger partial charge in [0.1, 0.15) is 5.75 Å². The summed E-state index contributed by atoms with van der Waals surface area (Å²) < 4.78 is 5.65. The Morgan fingerprint density at radius 2 is 1.81 bits per heavy atom. The Balaban J connectivity index is 2.35. The molecule has 1 N–H and O–H groups in total. The van der Waals surface area contributed by atoms with Gasteiger partial charge in [0.2, 0.25) is 0 Å². The van der Waals surface area contributed by atoms with Gasteiger partial charge in [-0.3, -0.25) is 0 Å². The molecule has 0 spiro atoms. The third-order valence-electron chi connectivity index (χ3n) is 2.66. The van der Waals surface area contributed by atoms with E-state index in [4.69, 9.17) is 9.84 Å². The van der Waals surface area contributed by atoms with Crippen molar-refractivity contribution in [3.8, 4) is 5.75 Å². The molecule has 0 bridgehead atoms. The van der Waals surface area contributed by atoms with E-state index in [-0.39, 0.29) is 6.61 Å². The van der Waals surface area contributed by atoms with Crippen LogP contribution in [0.1, 0.15) is 12.0 Å². The average molecular weight is 216 g/mol. The van der Waals surface area contributed by atoms with Gasteiger partial charge in [-0.25, -0.2) is 0 Å². The van der Waals surface area contributed by atoms with Gasteiger partial charge >= 0.3 is 0 Å². The molecular formula is C14H16O2. The number of ether oxygens (including phenoxy) is 1. The zero-order chi connectivity index (χ0) is 11.4.